The van der Waals surface area contributed by atoms with Crippen LogP contribution in [0.1, 0.15) is 0 Å². The topological polar surface area (TPSA) is 167 Å². The lowest BCUT2D eigenvalue weighted by Gasteiger charge is -2.21. The molecule has 0 atom stereocenters. The minimum absolute atomic E-state index is 0.00546. The van der Waals surface area contributed by atoms with Crippen LogP contribution in [0.5, 0.6) is 0 Å². The number of carbonyl (C=O) groups is 2. The number of carbonyl (C=O) groups excluding carboxylic acids is 2. The Bertz CT molecular complexity index is 779. The van der Waals surface area contributed by atoms with Crippen LogP contribution in [0.15, 0.2) is 23.2 Å². The van der Waals surface area contributed by atoms with Crippen LogP contribution in [0.3, 0.4) is 0 Å². The number of rotatable bonds is 5. The smallest absolute Gasteiger partial charge is 0.365 e. The third-order valence-electron chi connectivity index (χ3n) is 3.70. The molecule has 4 N–H and O–H groups in total. The molecule has 14 heteroatoms. The van der Waals surface area contributed by atoms with Gasteiger partial charge in [-0.25, -0.2) is 9.13 Å². The van der Waals surface area contributed by atoms with E-state index < -0.39 is 15.6 Å². The monoisotopic (exact) mass is 409 g/mol. The third-order valence-corrected chi connectivity index (χ3v) is 5.40. The Kier molecular flexibility index (Phi) is 4.87. The van der Waals surface area contributed by atoms with Crippen molar-refractivity contribution >= 4 is 27.2 Å². The standard InChI is InChI=1S/C12H13N3O2.H4O7P2/c16-9-7-8(13-1-2-13)12(17)11(15-5-6-15)10(9)14-3-4-14;1-8(2,3)7-9(4,5)6/h7H,1-6H2;(H2,1,2,3)(H2,4,5,6). The zero-order chi connectivity index (χ0) is 19.3. The van der Waals surface area contributed by atoms with Gasteiger partial charge in [0.05, 0.1) is 5.70 Å². The normalized spacial score (nSPS) is 22.2. The largest absolute Gasteiger partial charge is 0.478 e. The summed E-state index contributed by atoms with van der Waals surface area (Å²) in [6, 6.07) is 0. The van der Waals surface area contributed by atoms with E-state index in [9.17, 15) is 18.7 Å². The van der Waals surface area contributed by atoms with Gasteiger partial charge in [-0.15, -0.1) is 0 Å². The van der Waals surface area contributed by atoms with Crippen molar-refractivity contribution in [3.05, 3.63) is 23.2 Å². The summed E-state index contributed by atoms with van der Waals surface area (Å²) < 4.78 is 22.2. The van der Waals surface area contributed by atoms with Crippen LogP contribution >= 0.6 is 15.6 Å². The average Bonchev–Trinajstić information content (AvgIpc) is 3.33. The summed E-state index contributed by atoms with van der Waals surface area (Å²) in [6.45, 7) is 5.41. The minimum Gasteiger partial charge on any atom is -0.365 e. The predicted molar refractivity (Wildman–Crippen MR) is 85.0 cm³/mol. The summed E-state index contributed by atoms with van der Waals surface area (Å²) in [7, 11) is -10.1. The molecule has 3 saturated heterocycles. The number of hydrogen-bond donors (Lipinski definition) is 4. The van der Waals surface area contributed by atoms with Gasteiger partial charge in [-0.05, 0) is 0 Å². The zero-order valence-electron chi connectivity index (χ0n) is 13.4. The fourth-order valence-electron chi connectivity index (χ4n) is 2.41. The van der Waals surface area contributed by atoms with Gasteiger partial charge in [0.2, 0.25) is 11.6 Å². The fraction of sp³-hybridized carbons (Fsp3) is 0.500. The summed E-state index contributed by atoms with van der Waals surface area (Å²) in [6.07, 6.45) is 1.52. The van der Waals surface area contributed by atoms with Gasteiger partial charge in [-0.2, -0.15) is 4.31 Å². The lowest BCUT2D eigenvalue weighted by atomic mass is 10.0. The summed E-state index contributed by atoms with van der Waals surface area (Å²) in [5.41, 5.74) is 1.89. The van der Waals surface area contributed by atoms with E-state index in [0.29, 0.717) is 17.1 Å². The van der Waals surface area contributed by atoms with Crippen molar-refractivity contribution in [3.63, 3.8) is 0 Å². The molecule has 4 rings (SSSR count). The first-order valence-electron chi connectivity index (χ1n) is 7.58. The van der Waals surface area contributed by atoms with Gasteiger partial charge >= 0.3 is 15.6 Å². The van der Waals surface area contributed by atoms with Gasteiger partial charge in [0.25, 0.3) is 0 Å². The van der Waals surface area contributed by atoms with Crippen LogP contribution in [-0.4, -0.2) is 85.1 Å². The number of Topliss-reactive ketones (excluding diaryl/α,β-unsaturated/α-hetero) is 1. The molecular formula is C12H17N3O9P2. The fourth-order valence-corrected chi connectivity index (χ4v) is 3.52. The lowest BCUT2D eigenvalue weighted by molar-refractivity contribution is -0.117. The first kappa shape index (κ1) is 19.2. The van der Waals surface area contributed by atoms with Crippen LogP contribution < -0.4 is 0 Å². The first-order valence-corrected chi connectivity index (χ1v) is 10.6. The van der Waals surface area contributed by atoms with Gasteiger partial charge in [0, 0.05) is 45.3 Å². The minimum atomic E-state index is -5.05. The van der Waals surface area contributed by atoms with E-state index in [1.807, 2.05) is 14.7 Å². The average molecular weight is 409 g/mol. The number of allylic oxidation sites excluding steroid dienone is 1. The molecule has 0 saturated carbocycles. The van der Waals surface area contributed by atoms with Gasteiger partial charge in [0.1, 0.15) is 11.4 Å². The zero-order valence-corrected chi connectivity index (χ0v) is 15.2. The van der Waals surface area contributed by atoms with Crippen LogP contribution in [-0.2, 0) is 23.0 Å². The second kappa shape index (κ2) is 6.58. The molecule has 3 fully saturated rings. The highest BCUT2D eigenvalue weighted by molar-refractivity contribution is 7.60. The van der Waals surface area contributed by atoms with Crippen molar-refractivity contribution in [1.29, 1.82) is 0 Å². The summed E-state index contributed by atoms with van der Waals surface area (Å²) in [5.74, 6) is 0.0485. The van der Waals surface area contributed by atoms with E-state index >= 15 is 0 Å². The lowest BCUT2D eigenvalue weighted by Crippen LogP contribution is -2.29. The Morgan fingerprint density at radius 1 is 0.769 bits per heavy atom. The number of nitrogens with zero attached hydrogens (tertiary/aromatic N) is 3. The van der Waals surface area contributed by atoms with Crippen molar-refractivity contribution in [2.45, 2.75) is 0 Å². The molecule has 0 spiro atoms. The highest BCUT2D eigenvalue weighted by atomic mass is 31.3. The molecule has 0 aromatic carbocycles. The van der Waals surface area contributed by atoms with E-state index in [4.69, 9.17) is 19.6 Å². The molecule has 0 radical (unpaired) electrons. The Morgan fingerprint density at radius 2 is 1.19 bits per heavy atom. The molecule has 3 aliphatic heterocycles. The maximum Gasteiger partial charge on any atom is 0.478 e. The number of phosphoric acid groups is 2. The van der Waals surface area contributed by atoms with Crippen LogP contribution in [0, 0.1) is 0 Å². The number of ketones is 2. The molecule has 4 aliphatic rings. The van der Waals surface area contributed by atoms with E-state index in [0.717, 1.165) is 39.3 Å². The molecule has 12 nitrogen and oxygen atoms in total. The molecule has 144 valence electrons. The maximum atomic E-state index is 12.4. The molecular weight excluding hydrogens is 392 g/mol. The summed E-state index contributed by atoms with van der Waals surface area (Å²) in [5, 5.41) is 0. The van der Waals surface area contributed by atoms with Gasteiger partial charge in [-0.1, -0.05) is 0 Å². The van der Waals surface area contributed by atoms with E-state index in [1.165, 1.54) is 6.08 Å². The second-order valence-electron chi connectivity index (χ2n) is 5.94. The molecule has 0 aromatic rings. The van der Waals surface area contributed by atoms with E-state index in [1.54, 1.807) is 0 Å². The molecule has 26 heavy (non-hydrogen) atoms. The summed E-state index contributed by atoms with van der Waals surface area (Å²) in [4.78, 5) is 61.5. The van der Waals surface area contributed by atoms with Crippen molar-refractivity contribution in [2.24, 2.45) is 0 Å². The van der Waals surface area contributed by atoms with Crippen LogP contribution in [0.2, 0.25) is 0 Å². The van der Waals surface area contributed by atoms with Gasteiger partial charge < -0.3 is 34.3 Å². The predicted octanol–water partition coefficient (Wildman–Crippen LogP) is -1.63. The van der Waals surface area contributed by atoms with Crippen molar-refractivity contribution in [1.82, 2.24) is 14.7 Å². The quantitative estimate of drug-likeness (QED) is 0.233. The maximum absolute atomic E-state index is 12.4. The van der Waals surface area contributed by atoms with Crippen LogP contribution in [0.25, 0.3) is 0 Å². The molecule has 3 heterocycles. The summed E-state index contributed by atoms with van der Waals surface area (Å²) >= 11 is 0. The van der Waals surface area contributed by atoms with E-state index in [2.05, 4.69) is 4.31 Å². The first-order chi connectivity index (χ1) is 12.0. The molecule has 1 aliphatic carbocycles. The molecule has 0 bridgehead atoms. The molecule has 0 aromatic heterocycles. The van der Waals surface area contributed by atoms with E-state index in [-0.39, 0.29) is 11.6 Å². The highest BCUT2D eigenvalue weighted by Crippen LogP contribution is 2.53. The van der Waals surface area contributed by atoms with Crippen molar-refractivity contribution in [2.75, 3.05) is 39.3 Å². The Balaban J connectivity index is 0.000000188. The Morgan fingerprint density at radius 3 is 1.54 bits per heavy atom. The second-order valence-corrected chi connectivity index (χ2v) is 8.56. The Hall–Kier alpha value is -1.52. The molecule has 0 amide bonds. The highest BCUT2D eigenvalue weighted by Gasteiger charge is 2.43. The molecule has 0 unspecified atom stereocenters. The van der Waals surface area contributed by atoms with Gasteiger partial charge in [0.15, 0.2) is 0 Å². The third kappa shape index (κ3) is 5.01. The Labute approximate surface area is 147 Å². The van der Waals surface area contributed by atoms with Gasteiger partial charge in [-0.3, -0.25) is 9.59 Å². The SMILES string of the molecule is O=C1C=C(N2CC2)C(=O)C(N2CC2)=C1N1CC1.O=P(O)(O)OP(=O)(O)O. The number of hydrogen-bond acceptors (Lipinski definition) is 8. The van der Waals surface area contributed by atoms with Crippen molar-refractivity contribution in [3.8, 4) is 0 Å². The van der Waals surface area contributed by atoms with Crippen molar-refractivity contribution < 1.29 is 42.6 Å². The van der Waals surface area contributed by atoms with Crippen LogP contribution in [0.4, 0.5) is 0 Å².